The first-order valence-electron chi connectivity index (χ1n) is 6.55. The van der Waals surface area contributed by atoms with Crippen molar-refractivity contribution in [3.8, 4) is 0 Å². The molecule has 0 spiro atoms. The van der Waals surface area contributed by atoms with Gasteiger partial charge in [-0.1, -0.05) is 65.8 Å². The second-order valence-electron chi connectivity index (χ2n) is 4.68. The molecule has 2 aromatic carbocycles. The zero-order chi connectivity index (χ0) is 14.7. The maximum absolute atomic E-state index is 11.0. The maximum Gasteiger partial charge on any atom is 0.374 e. The lowest BCUT2D eigenvalue weighted by Crippen LogP contribution is -2.03. The normalized spacial score (nSPS) is 10.7. The fraction of sp³-hybridized carbons (Fsp3) is 0.0588. The van der Waals surface area contributed by atoms with Gasteiger partial charge >= 0.3 is 5.97 Å². The molecular formula is C17H13NO3. The van der Waals surface area contributed by atoms with Crippen molar-refractivity contribution in [3.63, 3.8) is 0 Å². The second kappa shape index (κ2) is 5.63. The first-order valence-corrected chi connectivity index (χ1v) is 6.55. The highest BCUT2D eigenvalue weighted by Crippen LogP contribution is 2.31. The van der Waals surface area contributed by atoms with Crippen molar-refractivity contribution < 1.29 is 14.4 Å². The summed E-state index contributed by atoms with van der Waals surface area (Å²) in [5, 5.41) is 12.9. The number of benzene rings is 2. The third-order valence-corrected chi connectivity index (χ3v) is 3.30. The number of aromatic nitrogens is 1. The Morgan fingerprint density at radius 2 is 1.48 bits per heavy atom. The van der Waals surface area contributed by atoms with Crippen LogP contribution in [0.2, 0.25) is 0 Å². The molecule has 4 nitrogen and oxygen atoms in total. The number of hydrogen-bond donors (Lipinski definition) is 1. The highest BCUT2D eigenvalue weighted by atomic mass is 16.5. The monoisotopic (exact) mass is 279 g/mol. The van der Waals surface area contributed by atoms with E-state index in [1.54, 1.807) is 0 Å². The van der Waals surface area contributed by atoms with Crippen molar-refractivity contribution >= 4 is 5.97 Å². The summed E-state index contributed by atoms with van der Waals surface area (Å²) in [7, 11) is 0. The number of hydrogen-bond acceptors (Lipinski definition) is 3. The van der Waals surface area contributed by atoms with E-state index < -0.39 is 5.97 Å². The third kappa shape index (κ3) is 2.69. The number of nitrogens with zero attached hydrogens (tertiary/aromatic N) is 1. The van der Waals surface area contributed by atoms with Gasteiger partial charge in [-0.25, -0.2) is 4.79 Å². The average Bonchev–Trinajstić information content (AvgIpc) is 3.00. The number of carbonyl (C=O) groups is 1. The smallest absolute Gasteiger partial charge is 0.374 e. The fourth-order valence-electron chi connectivity index (χ4n) is 2.35. The Labute approximate surface area is 121 Å². The Kier molecular flexibility index (Phi) is 3.51. The van der Waals surface area contributed by atoms with E-state index in [1.165, 1.54) is 6.07 Å². The fourth-order valence-corrected chi connectivity index (χ4v) is 2.35. The van der Waals surface area contributed by atoms with E-state index >= 15 is 0 Å². The van der Waals surface area contributed by atoms with Gasteiger partial charge in [0.05, 0.1) is 11.6 Å². The van der Waals surface area contributed by atoms with Crippen LogP contribution in [0.4, 0.5) is 0 Å². The van der Waals surface area contributed by atoms with E-state index in [2.05, 4.69) is 5.16 Å². The summed E-state index contributed by atoms with van der Waals surface area (Å²) < 4.78 is 4.90. The minimum Gasteiger partial charge on any atom is -0.475 e. The number of carboxylic acids is 1. The molecule has 0 bridgehead atoms. The first kappa shape index (κ1) is 13.1. The van der Waals surface area contributed by atoms with Crippen molar-refractivity contribution in [1.82, 2.24) is 5.16 Å². The van der Waals surface area contributed by atoms with E-state index in [0.29, 0.717) is 5.69 Å². The molecule has 0 saturated carbocycles. The van der Waals surface area contributed by atoms with Gasteiger partial charge in [0.1, 0.15) is 0 Å². The van der Waals surface area contributed by atoms with Crippen LogP contribution in [-0.2, 0) is 0 Å². The average molecular weight is 279 g/mol. The number of aromatic carboxylic acids is 1. The summed E-state index contributed by atoms with van der Waals surface area (Å²) in [4.78, 5) is 11.0. The molecule has 104 valence electrons. The Hall–Kier alpha value is -2.88. The summed E-state index contributed by atoms with van der Waals surface area (Å²) in [6, 6.07) is 21.1. The van der Waals surface area contributed by atoms with E-state index in [-0.39, 0.29) is 11.7 Å². The first-order chi connectivity index (χ1) is 10.3. The van der Waals surface area contributed by atoms with Crippen LogP contribution in [0.15, 0.2) is 71.3 Å². The molecule has 0 fully saturated rings. The van der Waals surface area contributed by atoms with Gasteiger partial charge in [0.25, 0.3) is 0 Å². The maximum atomic E-state index is 11.0. The summed E-state index contributed by atoms with van der Waals surface area (Å²) in [5.41, 5.74) is 2.66. The molecule has 0 amide bonds. The lowest BCUT2D eigenvalue weighted by molar-refractivity contribution is 0.0652. The van der Waals surface area contributed by atoms with Gasteiger partial charge < -0.3 is 9.63 Å². The standard InChI is InChI=1S/C17H13NO3/c19-17(20)15-11-14(18-21-15)16(12-7-3-1-4-8-12)13-9-5-2-6-10-13/h1-11,16H,(H,19,20). The quantitative estimate of drug-likeness (QED) is 0.793. The molecule has 3 rings (SSSR count). The summed E-state index contributed by atoms with van der Waals surface area (Å²) >= 11 is 0. The van der Waals surface area contributed by atoms with Gasteiger partial charge in [-0.15, -0.1) is 0 Å². The largest absolute Gasteiger partial charge is 0.475 e. The lowest BCUT2D eigenvalue weighted by atomic mass is 9.88. The van der Waals surface area contributed by atoms with Crippen molar-refractivity contribution in [2.45, 2.75) is 5.92 Å². The van der Waals surface area contributed by atoms with Gasteiger partial charge in [0.2, 0.25) is 5.76 Å². The summed E-state index contributed by atoms with van der Waals surface area (Å²) in [6.07, 6.45) is 0. The van der Waals surface area contributed by atoms with Gasteiger partial charge in [-0.05, 0) is 11.1 Å². The van der Waals surface area contributed by atoms with Crippen molar-refractivity contribution in [1.29, 1.82) is 0 Å². The molecule has 0 unspecified atom stereocenters. The Morgan fingerprint density at radius 1 is 0.952 bits per heavy atom. The Bertz CT molecular complexity index is 695. The van der Waals surface area contributed by atoms with Crippen molar-refractivity contribution in [3.05, 3.63) is 89.3 Å². The number of carboxylic acid groups (broad SMARTS) is 1. The molecule has 0 radical (unpaired) electrons. The molecule has 0 atom stereocenters. The number of rotatable bonds is 4. The highest BCUT2D eigenvalue weighted by molar-refractivity contribution is 5.84. The predicted octanol–water partition coefficient (Wildman–Crippen LogP) is 3.55. The van der Waals surface area contributed by atoms with Crippen LogP contribution in [-0.4, -0.2) is 16.2 Å². The van der Waals surface area contributed by atoms with Crippen LogP contribution >= 0.6 is 0 Å². The van der Waals surface area contributed by atoms with Gasteiger partial charge in [-0.3, -0.25) is 0 Å². The topological polar surface area (TPSA) is 63.3 Å². The molecule has 3 aromatic rings. The molecule has 0 aliphatic rings. The Balaban J connectivity index is 2.10. The second-order valence-corrected chi connectivity index (χ2v) is 4.68. The van der Waals surface area contributed by atoms with Crippen LogP contribution in [0.5, 0.6) is 0 Å². The molecule has 1 heterocycles. The van der Waals surface area contributed by atoms with Gasteiger partial charge in [0.15, 0.2) is 0 Å². The van der Waals surface area contributed by atoms with Crippen LogP contribution in [0.1, 0.15) is 33.3 Å². The lowest BCUT2D eigenvalue weighted by Gasteiger charge is -2.15. The van der Waals surface area contributed by atoms with Crippen LogP contribution in [0.25, 0.3) is 0 Å². The predicted molar refractivity (Wildman–Crippen MR) is 77.3 cm³/mol. The van der Waals surface area contributed by atoms with E-state index in [0.717, 1.165) is 11.1 Å². The van der Waals surface area contributed by atoms with Gasteiger partial charge in [0, 0.05) is 6.07 Å². The molecule has 0 saturated heterocycles. The molecular weight excluding hydrogens is 266 g/mol. The van der Waals surface area contributed by atoms with Crippen LogP contribution in [0, 0.1) is 0 Å². The van der Waals surface area contributed by atoms with E-state index in [4.69, 9.17) is 9.63 Å². The minimum absolute atomic E-state index is 0.149. The zero-order valence-electron chi connectivity index (χ0n) is 11.1. The van der Waals surface area contributed by atoms with Crippen molar-refractivity contribution in [2.24, 2.45) is 0 Å². The van der Waals surface area contributed by atoms with E-state index in [1.807, 2.05) is 60.7 Å². The molecule has 1 aromatic heterocycles. The SMILES string of the molecule is O=C(O)c1cc(C(c2ccccc2)c2ccccc2)no1. The highest BCUT2D eigenvalue weighted by Gasteiger charge is 2.22. The van der Waals surface area contributed by atoms with Crippen molar-refractivity contribution in [2.75, 3.05) is 0 Å². The summed E-state index contributed by atoms with van der Waals surface area (Å²) in [6.45, 7) is 0. The molecule has 21 heavy (non-hydrogen) atoms. The molecule has 1 N–H and O–H groups in total. The zero-order valence-corrected chi connectivity index (χ0v) is 11.1. The van der Waals surface area contributed by atoms with Gasteiger partial charge in [-0.2, -0.15) is 0 Å². The van der Waals surface area contributed by atoms with Crippen LogP contribution < -0.4 is 0 Å². The molecule has 0 aliphatic carbocycles. The molecule has 0 aliphatic heterocycles. The Morgan fingerprint density at radius 3 is 1.90 bits per heavy atom. The van der Waals surface area contributed by atoms with E-state index in [9.17, 15) is 4.79 Å². The molecule has 4 heteroatoms. The summed E-state index contributed by atoms with van der Waals surface area (Å²) in [5.74, 6) is -1.42. The van der Waals surface area contributed by atoms with Crippen LogP contribution in [0.3, 0.4) is 0 Å². The third-order valence-electron chi connectivity index (χ3n) is 3.30. The minimum atomic E-state index is -1.12.